The van der Waals surface area contributed by atoms with E-state index in [9.17, 15) is 9.13 Å². The Hall–Kier alpha value is 0.380. The van der Waals surface area contributed by atoms with E-state index in [2.05, 4.69) is 0 Å². The van der Waals surface area contributed by atoms with Gasteiger partial charge in [0.25, 0.3) is 0 Å². The highest BCUT2D eigenvalue weighted by atomic mass is 31.2. The van der Waals surface area contributed by atoms with Crippen LogP contribution in [0.5, 0.6) is 0 Å². The first-order valence-corrected chi connectivity index (χ1v) is 12.0. The first-order chi connectivity index (χ1) is 9.98. The van der Waals surface area contributed by atoms with Gasteiger partial charge in [-0.05, 0) is 12.8 Å². The maximum atomic E-state index is 12.7. The van der Waals surface area contributed by atoms with Crippen molar-refractivity contribution in [1.29, 1.82) is 0 Å². The molecule has 0 saturated heterocycles. The molecule has 0 aliphatic rings. The number of rotatable bonds is 11. The smallest absolute Gasteiger partial charge is 0.208 e. The number of hydrogen-bond donors (Lipinski definition) is 0. The lowest BCUT2D eigenvalue weighted by molar-refractivity contribution is 0.258. The second-order valence-electron chi connectivity index (χ2n) is 7.04. The Labute approximate surface area is 137 Å². The van der Waals surface area contributed by atoms with Gasteiger partial charge in [-0.15, -0.1) is 0 Å². The van der Waals surface area contributed by atoms with Crippen molar-refractivity contribution in [3.63, 3.8) is 0 Å². The molecule has 22 heavy (non-hydrogen) atoms. The van der Waals surface area contributed by atoms with Crippen LogP contribution in [-0.2, 0) is 18.2 Å². The third-order valence-corrected chi connectivity index (χ3v) is 10.9. The molecule has 0 atom stereocenters. The van der Waals surface area contributed by atoms with Gasteiger partial charge in [-0.1, -0.05) is 55.4 Å². The predicted octanol–water partition coefficient (Wildman–Crippen LogP) is 5.99. The minimum absolute atomic E-state index is 0.0471. The van der Waals surface area contributed by atoms with Crippen LogP contribution in [0.15, 0.2) is 0 Å². The second kappa shape index (κ2) is 9.62. The van der Waals surface area contributed by atoms with Crippen LogP contribution in [0.1, 0.15) is 68.2 Å². The lowest BCUT2D eigenvalue weighted by atomic mass is 10.3. The monoisotopic (exact) mass is 354 g/mol. The van der Waals surface area contributed by atoms with Crippen LogP contribution in [0.4, 0.5) is 0 Å². The molecule has 0 aromatic carbocycles. The summed E-state index contributed by atoms with van der Waals surface area (Å²) in [6.07, 6.45) is 1.55. The molecule has 0 amide bonds. The zero-order chi connectivity index (χ0) is 17.6. The summed E-state index contributed by atoms with van der Waals surface area (Å²) >= 11 is 0. The Morgan fingerprint density at radius 1 is 0.591 bits per heavy atom. The van der Waals surface area contributed by atoms with E-state index in [4.69, 9.17) is 9.05 Å². The van der Waals surface area contributed by atoms with Crippen molar-refractivity contribution in [2.75, 3.05) is 13.2 Å². The Bertz CT molecular complexity index is 341. The zero-order valence-corrected chi connectivity index (χ0v) is 17.5. The highest BCUT2D eigenvalue weighted by Gasteiger charge is 2.32. The van der Waals surface area contributed by atoms with Gasteiger partial charge < -0.3 is 9.05 Å². The Morgan fingerprint density at radius 2 is 0.818 bits per heavy atom. The Morgan fingerprint density at radius 3 is 1.00 bits per heavy atom. The molecule has 0 N–H and O–H groups in total. The van der Waals surface area contributed by atoms with Gasteiger partial charge in [0, 0.05) is 22.6 Å². The summed E-state index contributed by atoms with van der Waals surface area (Å²) < 4.78 is 36.8. The van der Waals surface area contributed by atoms with Crippen LogP contribution in [0.25, 0.3) is 0 Å². The average molecular weight is 354 g/mol. The molecule has 0 rings (SSSR count). The van der Waals surface area contributed by atoms with Gasteiger partial charge in [0.05, 0.1) is 13.2 Å². The molecule has 0 fully saturated rings. The van der Waals surface area contributed by atoms with E-state index in [-0.39, 0.29) is 22.6 Å². The molecule has 4 nitrogen and oxygen atoms in total. The first kappa shape index (κ1) is 22.4. The van der Waals surface area contributed by atoms with Crippen molar-refractivity contribution in [3.8, 4) is 0 Å². The molecule has 134 valence electrons. The summed E-state index contributed by atoms with van der Waals surface area (Å²) in [6, 6.07) is 0. The normalized spacial score (nSPS) is 13.8. The van der Waals surface area contributed by atoms with Gasteiger partial charge in [-0.25, -0.2) is 0 Å². The Balaban J connectivity index is 4.20. The quantitative estimate of drug-likeness (QED) is 0.338. The van der Waals surface area contributed by atoms with Gasteiger partial charge >= 0.3 is 0 Å². The van der Waals surface area contributed by atoms with Crippen molar-refractivity contribution in [2.45, 2.75) is 90.9 Å². The van der Waals surface area contributed by atoms with Gasteiger partial charge in [-0.2, -0.15) is 0 Å². The summed E-state index contributed by atoms with van der Waals surface area (Å²) in [4.78, 5) is 0. The summed E-state index contributed by atoms with van der Waals surface area (Å²) in [6.45, 7) is 16.6. The lowest BCUT2D eigenvalue weighted by Crippen LogP contribution is -2.13. The van der Waals surface area contributed by atoms with Crippen LogP contribution in [-0.4, -0.2) is 35.8 Å². The van der Waals surface area contributed by atoms with E-state index in [1.807, 2.05) is 55.4 Å². The van der Waals surface area contributed by atoms with Gasteiger partial charge in [0.2, 0.25) is 14.7 Å². The molecule has 0 unspecified atom stereocenters. The molecule has 6 heteroatoms. The van der Waals surface area contributed by atoms with Crippen molar-refractivity contribution >= 4 is 14.7 Å². The fourth-order valence-electron chi connectivity index (χ4n) is 2.41. The second-order valence-corrected chi connectivity index (χ2v) is 14.3. The minimum atomic E-state index is -2.57. The zero-order valence-electron chi connectivity index (χ0n) is 15.7. The van der Waals surface area contributed by atoms with E-state index < -0.39 is 14.7 Å². The molecule has 0 aliphatic heterocycles. The van der Waals surface area contributed by atoms with E-state index in [1.54, 1.807) is 0 Å². The maximum absolute atomic E-state index is 12.7. The molecule has 0 radical (unpaired) electrons. The third kappa shape index (κ3) is 6.11. The highest BCUT2D eigenvalue weighted by Crippen LogP contribution is 2.57. The Kier molecular flexibility index (Phi) is 9.79. The summed E-state index contributed by atoms with van der Waals surface area (Å²) in [7, 11) is -5.14. The molecule has 0 aliphatic carbocycles. The topological polar surface area (TPSA) is 52.6 Å². The van der Waals surface area contributed by atoms with Gasteiger partial charge in [-0.3, -0.25) is 9.13 Å². The number of unbranched alkanes of at least 4 members (excludes halogenated alkanes) is 1. The first-order valence-electron chi connectivity index (χ1n) is 8.46. The summed E-state index contributed by atoms with van der Waals surface area (Å²) in [5.41, 5.74) is 0.188. The minimum Gasteiger partial charge on any atom is -0.328 e. The van der Waals surface area contributed by atoms with Crippen molar-refractivity contribution in [1.82, 2.24) is 0 Å². The molecular weight excluding hydrogens is 318 g/mol. The van der Waals surface area contributed by atoms with Crippen molar-refractivity contribution < 1.29 is 18.2 Å². The maximum Gasteiger partial charge on any atom is 0.208 e. The van der Waals surface area contributed by atoms with Crippen molar-refractivity contribution in [2.24, 2.45) is 0 Å². The number of hydrogen-bond acceptors (Lipinski definition) is 4. The fraction of sp³-hybridized carbons (Fsp3) is 1.00. The van der Waals surface area contributed by atoms with Crippen LogP contribution >= 0.6 is 14.7 Å². The van der Waals surface area contributed by atoms with Gasteiger partial charge in [0.15, 0.2) is 0 Å². The van der Waals surface area contributed by atoms with E-state index in [0.29, 0.717) is 13.2 Å². The largest absolute Gasteiger partial charge is 0.328 e. The standard InChI is InChI=1S/C16H36O4P2/c1-13(2)21(17,14(3)4)19-11-9-10-12-20-22(18,15(5)6)16(7)8/h13-16H,9-12H2,1-8H3. The highest BCUT2D eigenvalue weighted by molar-refractivity contribution is 7.60. The van der Waals surface area contributed by atoms with Crippen molar-refractivity contribution in [3.05, 3.63) is 0 Å². The predicted molar refractivity (Wildman–Crippen MR) is 96.9 cm³/mol. The molecule has 0 bridgehead atoms. The van der Waals surface area contributed by atoms with Crippen LogP contribution in [0.2, 0.25) is 0 Å². The summed E-state index contributed by atoms with van der Waals surface area (Å²) in [5.74, 6) is 0. The van der Waals surface area contributed by atoms with Gasteiger partial charge in [0.1, 0.15) is 0 Å². The van der Waals surface area contributed by atoms with Crippen LogP contribution < -0.4 is 0 Å². The molecular formula is C16H36O4P2. The third-order valence-electron chi connectivity index (χ3n) is 4.00. The fourth-order valence-corrected chi connectivity index (χ4v) is 6.81. The van der Waals surface area contributed by atoms with E-state index >= 15 is 0 Å². The molecule has 0 aromatic heterocycles. The lowest BCUT2D eigenvalue weighted by Gasteiger charge is -2.26. The molecule has 0 saturated carbocycles. The van der Waals surface area contributed by atoms with E-state index in [0.717, 1.165) is 12.8 Å². The molecule has 0 spiro atoms. The molecule has 0 aromatic rings. The average Bonchev–Trinajstić information content (AvgIpc) is 2.40. The van der Waals surface area contributed by atoms with E-state index in [1.165, 1.54) is 0 Å². The summed E-state index contributed by atoms with van der Waals surface area (Å²) in [5, 5.41) is 0. The van der Waals surface area contributed by atoms with Crippen LogP contribution in [0.3, 0.4) is 0 Å². The van der Waals surface area contributed by atoms with Crippen LogP contribution in [0, 0.1) is 0 Å². The molecule has 0 heterocycles. The SMILES string of the molecule is CC(C)P(=O)(OCCCCOP(=O)(C(C)C)C(C)C)C(C)C.